The summed E-state index contributed by atoms with van der Waals surface area (Å²) in [5.41, 5.74) is 1.33. The Labute approximate surface area is 181 Å². The number of benzene rings is 1. The molecule has 1 saturated heterocycles. The number of nitrogens with one attached hydrogen (secondary N) is 1. The largest absolute Gasteiger partial charge is 0.493 e. The summed E-state index contributed by atoms with van der Waals surface area (Å²) in [6, 6.07) is 5.23. The van der Waals surface area contributed by atoms with Crippen LogP contribution in [0.15, 0.2) is 41.2 Å². The van der Waals surface area contributed by atoms with Crippen LogP contribution in [0, 0.1) is 5.92 Å². The van der Waals surface area contributed by atoms with Crippen LogP contribution in [-0.4, -0.2) is 57.7 Å². The molecule has 0 atom stereocenters. The molecule has 1 aromatic carbocycles. The van der Waals surface area contributed by atoms with Crippen molar-refractivity contribution in [2.24, 2.45) is 5.92 Å². The van der Waals surface area contributed by atoms with Gasteiger partial charge in [0.15, 0.2) is 11.5 Å². The van der Waals surface area contributed by atoms with Gasteiger partial charge in [-0.2, -0.15) is 0 Å². The SMILES string of the molecule is COc1cc(/C=C/C(=O)NCC2CCN(C(=O)c3ccoc3)CC2)cc(OC)c1OC. The van der Waals surface area contributed by atoms with Gasteiger partial charge >= 0.3 is 0 Å². The lowest BCUT2D eigenvalue weighted by Gasteiger charge is -2.31. The first-order valence-electron chi connectivity index (χ1n) is 10.1. The summed E-state index contributed by atoms with van der Waals surface area (Å²) in [6.07, 6.45) is 7.85. The molecule has 3 rings (SSSR count). The fourth-order valence-corrected chi connectivity index (χ4v) is 3.58. The maximum atomic E-state index is 12.3. The number of hydrogen-bond acceptors (Lipinski definition) is 6. The lowest BCUT2D eigenvalue weighted by Crippen LogP contribution is -2.41. The van der Waals surface area contributed by atoms with Crippen molar-refractivity contribution in [1.82, 2.24) is 10.2 Å². The normalized spacial score (nSPS) is 14.5. The molecule has 166 valence electrons. The first kappa shape index (κ1) is 22.3. The van der Waals surface area contributed by atoms with Crippen molar-refractivity contribution in [1.29, 1.82) is 0 Å². The molecule has 1 N–H and O–H groups in total. The van der Waals surface area contributed by atoms with Crippen molar-refractivity contribution in [3.05, 3.63) is 47.9 Å². The molecule has 0 radical (unpaired) electrons. The third-order valence-electron chi connectivity index (χ3n) is 5.35. The van der Waals surface area contributed by atoms with Gasteiger partial charge in [0.2, 0.25) is 11.7 Å². The zero-order valence-electron chi connectivity index (χ0n) is 18.1. The van der Waals surface area contributed by atoms with Crippen LogP contribution in [0.5, 0.6) is 17.2 Å². The highest BCUT2D eigenvalue weighted by atomic mass is 16.5. The van der Waals surface area contributed by atoms with Gasteiger partial charge in [0.1, 0.15) is 6.26 Å². The molecule has 0 aliphatic carbocycles. The molecular weight excluding hydrogens is 400 g/mol. The van der Waals surface area contributed by atoms with Crippen molar-refractivity contribution in [3.8, 4) is 17.2 Å². The van der Waals surface area contributed by atoms with Crippen LogP contribution >= 0.6 is 0 Å². The van der Waals surface area contributed by atoms with E-state index >= 15 is 0 Å². The average Bonchev–Trinajstić information content (AvgIpc) is 3.35. The Morgan fingerprint density at radius 3 is 2.35 bits per heavy atom. The maximum absolute atomic E-state index is 12.3. The number of piperidine rings is 1. The number of methoxy groups -OCH3 is 3. The van der Waals surface area contributed by atoms with E-state index in [2.05, 4.69) is 5.32 Å². The monoisotopic (exact) mass is 428 g/mol. The fourth-order valence-electron chi connectivity index (χ4n) is 3.58. The van der Waals surface area contributed by atoms with Gasteiger partial charge in [0.05, 0.1) is 33.2 Å². The average molecular weight is 428 g/mol. The summed E-state index contributed by atoms with van der Waals surface area (Å²) in [7, 11) is 4.64. The summed E-state index contributed by atoms with van der Waals surface area (Å²) < 4.78 is 20.9. The van der Waals surface area contributed by atoms with Gasteiger partial charge in [0.25, 0.3) is 5.91 Å². The number of ether oxygens (including phenoxy) is 3. The summed E-state index contributed by atoms with van der Waals surface area (Å²) in [6.45, 7) is 1.92. The number of hydrogen-bond donors (Lipinski definition) is 1. The standard InChI is InChI=1S/C23H28N2O6/c1-28-19-12-17(13-20(29-2)22(19)30-3)4-5-21(26)24-14-16-6-9-25(10-7-16)23(27)18-8-11-31-15-18/h4-5,8,11-13,15-16H,6-7,9-10,14H2,1-3H3,(H,24,26)/b5-4+. The van der Waals surface area contributed by atoms with E-state index in [9.17, 15) is 9.59 Å². The first-order valence-corrected chi connectivity index (χ1v) is 10.1. The van der Waals surface area contributed by atoms with E-state index in [1.807, 2.05) is 4.90 Å². The zero-order chi connectivity index (χ0) is 22.2. The summed E-state index contributed by atoms with van der Waals surface area (Å²) in [5, 5.41) is 2.94. The van der Waals surface area contributed by atoms with Gasteiger partial charge in [-0.25, -0.2) is 0 Å². The van der Waals surface area contributed by atoms with Gasteiger partial charge < -0.3 is 28.8 Å². The Bertz CT molecular complexity index is 889. The number of furan rings is 1. The number of likely N-dealkylation sites (tertiary alicyclic amines) is 1. The minimum Gasteiger partial charge on any atom is -0.493 e. The van der Waals surface area contributed by atoms with E-state index in [-0.39, 0.29) is 11.8 Å². The lowest BCUT2D eigenvalue weighted by atomic mass is 9.96. The predicted octanol–water partition coefficient (Wildman–Crippen LogP) is 2.99. The smallest absolute Gasteiger partial charge is 0.257 e. The molecule has 0 unspecified atom stereocenters. The Kier molecular flexibility index (Phi) is 7.59. The molecule has 2 amide bonds. The molecule has 0 saturated carbocycles. The van der Waals surface area contributed by atoms with Crippen molar-refractivity contribution < 1.29 is 28.2 Å². The second-order valence-electron chi connectivity index (χ2n) is 7.28. The molecule has 1 aromatic heterocycles. The number of carbonyl (C=O) groups is 2. The second-order valence-corrected chi connectivity index (χ2v) is 7.28. The summed E-state index contributed by atoms with van der Waals surface area (Å²) in [5.74, 6) is 1.71. The minimum absolute atomic E-state index is 0.00971. The van der Waals surface area contributed by atoms with Crippen molar-refractivity contribution >= 4 is 17.9 Å². The Balaban J connectivity index is 1.48. The van der Waals surface area contributed by atoms with E-state index < -0.39 is 0 Å². The molecule has 1 aliphatic heterocycles. The molecule has 2 heterocycles. The minimum atomic E-state index is -0.175. The van der Waals surface area contributed by atoms with E-state index in [1.54, 1.807) is 45.6 Å². The molecule has 1 fully saturated rings. The third-order valence-corrected chi connectivity index (χ3v) is 5.35. The van der Waals surface area contributed by atoms with Crippen LogP contribution in [0.25, 0.3) is 6.08 Å². The van der Waals surface area contributed by atoms with Gasteiger partial charge in [-0.3, -0.25) is 9.59 Å². The second kappa shape index (κ2) is 10.6. The van der Waals surface area contributed by atoms with Crippen molar-refractivity contribution in [2.75, 3.05) is 41.0 Å². The molecule has 2 aromatic rings. The van der Waals surface area contributed by atoms with E-state index in [0.717, 1.165) is 18.4 Å². The van der Waals surface area contributed by atoms with Crippen LogP contribution in [0.1, 0.15) is 28.8 Å². The van der Waals surface area contributed by atoms with Crippen LogP contribution in [0.3, 0.4) is 0 Å². The Hall–Kier alpha value is -3.42. The number of nitrogens with zero attached hydrogens (tertiary/aromatic N) is 1. The van der Waals surface area contributed by atoms with Gasteiger partial charge in [0, 0.05) is 25.7 Å². The lowest BCUT2D eigenvalue weighted by molar-refractivity contribution is -0.116. The Morgan fingerprint density at radius 2 is 1.81 bits per heavy atom. The summed E-state index contributed by atoms with van der Waals surface area (Å²) >= 11 is 0. The maximum Gasteiger partial charge on any atom is 0.257 e. The third kappa shape index (κ3) is 5.59. The first-order chi connectivity index (χ1) is 15.0. The van der Waals surface area contributed by atoms with Gasteiger partial charge in [-0.15, -0.1) is 0 Å². The molecule has 0 bridgehead atoms. The number of amides is 2. The van der Waals surface area contributed by atoms with Crippen LogP contribution in [0.4, 0.5) is 0 Å². The van der Waals surface area contributed by atoms with E-state index in [1.165, 1.54) is 18.6 Å². The fraction of sp³-hybridized carbons (Fsp3) is 0.391. The van der Waals surface area contributed by atoms with Gasteiger partial charge in [-0.05, 0) is 48.6 Å². The van der Waals surface area contributed by atoms with Crippen LogP contribution < -0.4 is 19.5 Å². The molecule has 8 heteroatoms. The van der Waals surface area contributed by atoms with E-state index in [4.69, 9.17) is 18.6 Å². The molecule has 31 heavy (non-hydrogen) atoms. The predicted molar refractivity (Wildman–Crippen MR) is 115 cm³/mol. The number of carbonyl (C=O) groups excluding carboxylic acids is 2. The van der Waals surface area contributed by atoms with E-state index in [0.29, 0.717) is 48.4 Å². The highest BCUT2D eigenvalue weighted by molar-refractivity contribution is 5.94. The highest BCUT2D eigenvalue weighted by Crippen LogP contribution is 2.38. The number of rotatable bonds is 8. The zero-order valence-corrected chi connectivity index (χ0v) is 18.1. The molecular formula is C23H28N2O6. The van der Waals surface area contributed by atoms with Crippen molar-refractivity contribution in [3.63, 3.8) is 0 Å². The topological polar surface area (TPSA) is 90.2 Å². The molecule has 8 nitrogen and oxygen atoms in total. The van der Waals surface area contributed by atoms with Crippen molar-refractivity contribution in [2.45, 2.75) is 12.8 Å². The molecule has 1 aliphatic rings. The summed E-state index contributed by atoms with van der Waals surface area (Å²) in [4.78, 5) is 26.4. The van der Waals surface area contributed by atoms with Crippen LogP contribution in [0.2, 0.25) is 0 Å². The highest BCUT2D eigenvalue weighted by Gasteiger charge is 2.24. The quantitative estimate of drug-likeness (QED) is 0.650. The Morgan fingerprint density at radius 1 is 1.13 bits per heavy atom. The van der Waals surface area contributed by atoms with Crippen LogP contribution in [-0.2, 0) is 4.79 Å². The molecule has 0 spiro atoms. The van der Waals surface area contributed by atoms with Gasteiger partial charge in [-0.1, -0.05) is 0 Å².